The summed E-state index contributed by atoms with van der Waals surface area (Å²) in [5.74, 6) is 0.762. The number of nitrogen functional groups attached to an aromatic ring is 1. The highest BCUT2D eigenvalue weighted by molar-refractivity contribution is 14.1. The average molecular weight is 558 g/mol. The number of nitrogens with two attached hydrogens (primary N) is 1. The summed E-state index contributed by atoms with van der Waals surface area (Å²) in [6, 6.07) is 6.78. The predicted octanol–water partition coefficient (Wildman–Crippen LogP) is 3.50. The molecule has 0 bridgehead atoms. The normalized spacial score (nSPS) is 15.1. The second-order valence-corrected chi connectivity index (χ2v) is 8.77. The van der Waals surface area contributed by atoms with Crippen molar-refractivity contribution in [1.82, 2.24) is 24.6 Å². The van der Waals surface area contributed by atoms with Gasteiger partial charge < -0.3 is 20.2 Å². The van der Waals surface area contributed by atoms with Gasteiger partial charge in [-0.05, 0) is 53.0 Å². The number of carboxylic acid groups (broad SMARTS) is 1. The van der Waals surface area contributed by atoms with Crippen molar-refractivity contribution in [2.45, 2.75) is 19.4 Å². The number of aromatic nitrogens is 4. The van der Waals surface area contributed by atoms with Crippen molar-refractivity contribution < 1.29 is 14.3 Å². The van der Waals surface area contributed by atoms with Crippen LogP contribution >= 0.6 is 22.6 Å². The zero-order valence-electron chi connectivity index (χ0n) is 17.5. The largest absolute Gasteiger partial charge is 0.465 e. The molecule has 0 fully saturated rings. The molecule has 0 aliphatic carbocycles. The van der Waals surface area contributed by atoms with Crippen LogP contribution in [-0.2, 0) is 0 Å². The molecule has 1 aliphatic rings. The quantitative estimate of drug-likeness (QED) is 0.364. The van der Waals surface area contributed by atoms with Gasteiger partial charge in [-0.25, -0.2) is 24.2 Å². The van der Waals surface area contributed by atoms with E-state index in [1.807, 2.05) is 25.1 Å². The highest BCUT2D eigenvalue weighted by atomic mass is 127. The summed E-state index contributed by atoms with van der Waals surface area (Å²) < 4.78 is 8.21. The second kappa shape index (κ2) is 8.14. The summed E-state index contributed by atoms with van der Waals surface area (Å²) in [5.41, 5.74) is 7.85. The molecule has 4 aromatic rings. The minimum Gasteiger partial charge on any atom is -0.465 e. The number of benzene rings is 1. The molecule has 0 radical (unpaired) electrons. The smallest absolute Gasteiger partial charge is 0.407 e. The molecule has 4 heterocycles. The predicted molar refractivity (Wildman–Crippen MR) is 131 cm³/mol. The Morgan fingerprint density at radius 2 is 2.03 bits per heavy atom. The molecule has 3 N–H and O–H groups in total. The van der Waals surface area contributed by atoms with Gasteiger partial charge in [-0.2, -0.15) is 5.10 Å². The lowest BCUT2D eigenvalue weighted by Gasteiger charge is -2.26. The summed E-state index contributed by atoms with van der Waals surface area (Å²) in [6.45, 7) is 2.50. The van der Waals surface area contributed by atoms with Crippen LogP contribution in [0.1, 0.15) is 30.7 Å². The van der Waals surface area contributed by atoms with Gasteiger partial charge in [0.05, 0.1) is 10.8 Å². The number of fused-ring (bicyclic) bond motifs is 2. The van der Waals surface area contributed by atoms with Gasteiger partial charge in [-0.3, -0.25) is 0 Å². The summed E-state index contributed by atoms with van der Waals surface area (Å²) in [6.07, 6.45) is 2.79. The zero-order chi connectivity index (χ0) is 23.3. The van der Waals surface area contributed by atoms with Crippen molar-refractivity contribution in [1.29, 1.82) is 0 Å². The Kier molecular flexibility index (Phi) is 5.27. The third-order valence-corrected chi connectivity index (χ3v) is 6.64. The first kappa shape index (κ1) is 21.4. The van der Waals surface area contributed by atoms with E-state index in [1.54, 1.807) is 16.8 Å². The molecule has 33 heavy (non-hydrogen) atoms. The third kappa shape index (κ3) is 3.52. The van der Waals surface area contributed by atoms with E-state index in [9.17, 15) is 14.7 Å². The molecule has 0 saturated carbocycles. The van der Waals surface area contributed by atoms with Crippen LogP contribution in [0.15, 0.2) is 45.9 Å². The lowest BCUT2D eigenvalue weighted by molar-refractivity contribution is 0.150. The van der Waals surface area contributed by atoms with Crippen LogP contribution in [0.2, 0.25) is 0 Å². The van der Waals surface area contributed by atoms with Gasteiger partial charge in [0.1, 0.15) is 27.6 Å². The number of nitrogens with zero attached hydrogens (tertiary/aromatic N) is 5. The van der Waals surface area contributed by atoms with E-state index in [0.29, 0.717) is 44.7 Å². The number of rotatable bonds is 3. The van der Waals surface area contributed by atoms with Crippen molar-refractivity contribution in [3.8, 4) is 0 Å². The summed E-state index contributed by atoms with van der Waals surface area (Å²) >= 11 is 2.08. The zero-order valence-corrected chi connectivity index (χ0v) is 19.7. The minimum atomic E-state index is -0.960. The Bertz CT molecular complexity index is 1510. The van der Waals surface area contributed by atoms with Crippen molar-refractivity contribution >= 4 is 61.9 Å². The topological polar surface area (TPSA) is 140 Å². The monoisotopic (exact) mass is 558 g/mol. The van der Waals surface area contributed by atoms with Crippen molar-refractivity contribution in [3.63, 3.8) is 0 Å². The van der Waals surface area contributed by atoms with Crippen LogP contribution in [-0.4, -0.2) is 48.9 Å². The molecule has 1 atom stereocenters. The number of hydrogen-bond acceptors (Lipinski definition) is 7. The van der Waals surface area contributed by atoms with E-state index in [2.05, 4.69) is 37.7 Å². The first-order chi connectivity index (χ1) is 15.9. The van der Waals surface area contributed by atoms with Crippen molar-refractivity contribution in [3.05, 3.63) is 62.1 Å². The SMILES string of the molecule is CC(c1oc(=O)c2ccccc2c1C1=CCN(C(=O)O)CC1)n1nc(I)c2c(N)ncnc21. The van der Waals surface area contributed by atoms with Gasteiger partial charge in [0.15, 0.2) is 5.65 Å². The van der Waals surface area contributed by atoms with Crippen LogP contribution < -0.4 is 11.4 Å². The van der Waals surface area contributed by atoms with Crippen LogP contribution in [0, 0.1) is 3.70 Å². The molecular formula is C22H19IN6O4. The Labute approximate surface area is 200 Å². The fourth-order valence-electron chi connectivity index (χ4n) is 4.25. The Hall–Kier alpha value is -3.48. The molecule has 1 amide bonds. The Morgan fingerprint density at radius 3 is 2.73 bits per heavy atom. The highest BCUT2D eigenvalue weighted by Crippen LogP contribution is 2.36. The molecule has 0 saturated heterocycles. The van der Waals surface area contributed by atoms with E-state index in [1.165, 1.54) is 11.2 Å². The first-order valence-corrected chi connectivity index (χ1v) is 11.3. The molecule has 5 rings (SSSR count). The molecule has 1 unspecified atom stereocenters. The van der Waals surface area contributed by atoms with Gasteiger partial charge in [0.2, 0.25) is 0 Å². The fourth-order valence-corrected chi connectivity index (χ4v) is 5.00. The van der Waals surface area contributed by atoms with Gasteiger partial charge in [-0.15, -0.1) is 0 Å². The summed E-state index contributed by atoms with van der Waals surface area (Å²) in [5, 5.41) is 15.8. The minimum absolute atomic E-state index is 0.262. The second-order valence-electron chi connectivity index (χ2n) is 7.75. The number of hydrogen-bond donors (Lipinski definition) is 2. The lowest BCUT2D eigenvalue weighted by atomic mass is 9.92. The van der Waals surface area contributed by atoms with Crippen LogP contribution in [0.5, 0.6) is 0 Å². The standard InChI is InChI=1S/C22H19IN6O4/c1-11(29-20-16(18(23)27-29)19(24)25-10-26-20)17-15(12-6-8-28(9-7-12)22(31)32)13-4-2-3-5-14(13)21(30)33-17/h2-6,10-11H,7-9H2,1H3,(H,31,32)(H2,24,25,26). The maximum atomic E-state index is 12.9. The number of anilines is 1. The Morgan fingerprint density at radius 1 is 1.27 bits per heavy atom. The first-order valence-electron chi connectivity index (χ1n) is 10.2. The average Bonchev–Trinajstić information content (AvgIpc) is 3.16. The van der Waals surface area contributed by atoms with Gasteiger partial charge in [0, 0.05) is 18.7 Å². The molecule has 1 aliphatic heterocycles. The fraction of sp³-hybridized carbons (Fsp3) is 0.227. The van der Waals surface area contributed by atoms with Gasteiger partial charge in [-0.1, -0.05) is 24.3 Å². The van der Waals surface area contributed by atoms with Crippen LogP contribution in [0.25, 0.3) is 27.4 Å². The van der Waals surface area contributed by atoms with E-state index < -0.39 is 17.8 Å². The van der Waals surface area contributed by atoms with Crippen LogP contribution in [0.4, 0.5) is 10.6 Å². The molecule has 3 aromatic heterocycles. The number of amides is 1. The lowest BCUT2D eigenvalue weighted by Crippen LogP contribution is -2.33. The number of halogens is 1. The molecule has 168 valence electrons. The Balaban J connectivity index is 1.74. The van der Waals surface area contributed by atoms with E-state index in [4.69, 9.17) is 10.2 Å². The molecule has 1 aromatic carbocycles. The van der Waals surface area contributed by atoms with Crippen molar-refractivity contribution in [2.24, 2.45) is 0 Å². The highest BCUT2D eigenvalue weighted by Gasteiger charge is 2.28. The summed E-state index contributed by atoms with van der Waals surface area (Å²) in [4.78, 5) is 34.0. The molecule has 10 nitrogen and oxygen atoms in total. The van der Waals surface area contributed by atoms with Crippen LogP contribution in [0.3, 0.4) is 0 Å². The maximum absolute atomic E-state index is 12.9. The molecule has 11 heteroatoms. The maximum Gasteiger partial charge on any atom is 0.407 e. The van der Waals surface area contributed by atoms with Gasteiger partial charge in [0.25, 0.3) is 0 Å². The molecular weight excluding hydrogens is 539 g/mol. The van der Waals surface area contributed by atoms with Gasteiger partial charge >= 0.3 is 11.7 Å². The third-order valence-electron chi connectivity index (χ3n) is 5.89. The van der Waals surface area contributed by atoms with E-state index >= 15 is 0 Å². The summed E-state index contributed by atoms with van der Waals surface area (Å²) in [7, 11) is 0. The van der Waals surface area contributed by atoms with Crippen molar-refractivity contribution in [2.75, 3.05) is 18.8 Å². The van der Waals surface area contributed by atoms with E-state index in [0.717, 1.165) is 16.5 Å². The number of carbonyl (C=O) groups is 1. The van der Waals surface area contributed by atoms with E-state index in [-0.39, 0.29) is 6.54 Å². The molecule has 0 spiro atoms.